The third-order valence-corrected chi connectivity index (χ3v) is 3.82. The highest BCUT2D eigenvalue weighted by molar-refractivity contribution is 6.35. The smallest absolute Gasteiger partial charge is 0.0453 e. The van der Waals surface area contributed by atoms with Crippen molar-refractivity contribution in [2.24, 2.45) is 5.73 Å². The molecule has 1 saturated carbocycles. The Bertz CT molecular complexity index is 394. The van der Waals surface area contributed by atoms with Crippen LogP contribution in [0.1, 0.15) is 25.3 Å². The number of nitrogens with two attached hydrogens (primary N) is 1. The number of rotatable bonds is 4. The largest absolute Gasteiger partial charge is 0.328 e. The topological polar surface area (TPSA) is 38.0 Å². The number of hydrogen-bond donors (Lipinski definition) is 2. The maximum atomic E-state index is 6.15. The molecule has 0 saturated heterocycles. The quantitative estimate of drug-likeness (QED) is 0.869. The first-order valence-corrected chi connectivity index (χ1v) is 6.75. The third-order valence-electron chi connectivity index (χ3n) is 3.24. The molecule has 1 aliphatic carbocycles. The molecule has 6 heteroatoms. The zero-order valence-corrected chi connectivity index (χ0v) is 13.9. The first-order chi connectivity index (χ1) is 8.04. The summed E-state index contributed by atoms with van der Waals surface area (Å²) in [6.07, 6.45) is 3.08. The van der Waals surface area contributed by atoms with Gasteiger partial charge in [0.25, 0.3) is 0 Å². The van der Waals surface area contributed by atoms with E-state index < -0.39 is 0 Å². The number of nitrogens with one attached hydrogen (secondary N) is 1. The number of benzene rings is 1. The fourth-order valence-corrected chi connectivity index (χ4v) is 2.76. The van der Waals surface area contributed by atoms with Crippen LogP contribution in [0.3, 0.4) is 0 Å². The van der Waals surface area contributed by atoms with E-state index in [1.54, 1.807) is 6.07 Å². The van der Waals surface area contributed by atoms with E-state index in [4.69, 9.17) is 28.9 Å². The van der Waals surface area contributed by atoms with Crippen LogP contribution in [0.15, 0.2) is 18.2 Å². The highest BCUT2D eigenvalue weighted by Crippen LogP contribution is 2.23. The second-order valence-electron chi connectivity index (χ2n) is 4.94. The molecule has 1 fully saturated rings. The van der Waals surface area contributed by atoms with E-state index in [1.165, 1.54) is 0 Å². The monoisotopic (exact) mass is 344 g/mol. The molecule has 1 aromatic carbocycles. The molecule has 1 aromatic rings. The van der Waals surface area contributed by atoms with Gasteiger partial charge >= 0.3 is 0 Å². The lowest BCUT2D eigenvalue weighted by atomic mass is 9.87. The molecule has 0 aliphatic heterocycles. The summed E-state index contributed by atoms with van der Waals surface area (Å²) in [4.78, 5) is 0. The van der Waals surface area contributed by atoms with Crippen LogP contribution in [0.2, 0.25) is 10.0 Å². The summed E-state index contributed by atoms with van der Waals surface area (Å²) in [5.74, 6) is 0. The van der Waals surface area contributed by atoms with Gasteiger partial charge in [0.2, 0.25) is 0 Å². The molecule has 0 spiro atoms. The maximum absolute atomic E-state index is 6.15. The van der Waals surface area contributed by atoms with Gasteiger partial charge in [0.1, 0.15) is 0 Å². The van der Waals surface area contributed by atoms with Crippen LogP contribution in [0.4, 0.5) is 0 Å². The fraction of sp³-hybridized carbons (Fsp3) is 0.538. The summed E-state index contributed by atoms with van der Waals surface area (Å²) in [7, 11) is 0. The Morgan fingerprint density at radius 2 is 1.95 bits per heavy atom. The average molecular weight is 346 g/mol. The Kier molecular flexibility index (Phi) is 8.69. The third kappa shape index (κ3) is 5.66. The maximum Gasteiger partial charge on any atom is 0.0453 e. The Balaban J connectivity index is 0.00000162. The van der Waals surface area contributed by atoms with E-state index in [2.05, 4.69) is 12.2 Å². The minimum atomic E-state index is 0. The van der Waals surface area contributed by atoms with Crippen LogP contribution in [-0.2, 0) is 6.42 Å². The molecule has 0 radical (unpaired) electrons. The molecule has 0 amide bonds. The van der Waals surface area contributed by atoms with Crippen molar-refractivity contribution in [3.05, 3.63) is 33.8 Å². The summed E-state index contributed by atoms with van der Waals surface area (Å²) in [5.41, 5.74) is 6.90. The molecule has 1 unspecified atom stereocenters. The van der Waals surface area contributed by atoms with Crippen molar-refractivity contribution in [1.82, 2.24) is 5.32 Å². The van der Waals surface area contributed by atoms with Crippen LogP contribution in [0.25, 0.3) is 0 Å². The van der Waals surface area contributed by atoms with Gasteiger partial charge in [0, 0.05) is 28.2 Å². The molecular weight excluding hydrogens is 326 g/mol. The van der Waals surface area contributed by atoms with Crippen molar-refractivity contribution >= 4 is 48.0 Å². The van der Waals surface area contributed by atoms with Crippen molar-refractivity contribution in [1.29, 1.82) is 0 Å². The molecule has 0 aromatic heterocycles. The minimum absolute atomic E-state index is 0. The predicted molar refractivity (Wildman–Crippen MR) is 88.3 cm³/mol. The standard InChI is InChI=1S/C13H18Cl2N2.2ClH/c1-8(17-12-6-11(16)7-12)4-9-2-3-10(14)5-13(9)15;;/h2-3,5,8,11-12,17H,4,6-7,16H2,1H3;2*1H. The van der Waals surface area contributed by atoms with Gasteiger partial charge in [-0.15, -0.1) is 24.8 Å². The van der Waals surface area contributed by atoms with Gasteiger partial charge in [-0.3, -0.25) is 0 Å². The molecule has 19 heavy (non-hydrogen) atoms. The summed E-state index contributed by atoms with van der Waals surface area (Å²) in [6, 6.07) is 7.05. The molecule has 1 aliphatic rings. The Morgan fingerprint density at radius 1 is 1.32 bits per heavy atom. The minimum Gasteiger partial charge on any atom is -0.328 e. The van der Waals surface area contributed by atoms with E-state index in [9.17, 15) is 0 Å². The van der Waals surface area contributed by atoms with Gasteiger partial charge in [-0.25, -0.2) is 0 Å². The number of hydrogen-bond acceptors (Lipinski definition) is 2. The van der Waals surface area contributed by atoms with Crippen LogP contribution in [0.5, 0.6) is 0 Å². The molecular formula is C13H20Cl4N2. The van der Waals surface area contributed by atoms with Gasteiger partial charge in [-0.1, -0.05) is 29.3 Å². The van der Waals surface area contributed by atoms with Crippen LogP contribution < -0.4 is 11.1 Å². The molecule has 0 heterocycles. The van der Waals surface area contributed by atoms with Crippen molar-refractivity contribution < 1.29 is 0 Å². The van der Waals surface area contributed by atoms with Crippen LogP contribution in [0, 0.1) is 0 Å². The molecule has 3 N–H and O–H groups in total. The normalized spacial score (nSPS) is 22.7. The van der Waals surface area contributed by atoms with Crippen molar-refractivity contribution in [3.8, 4) is 0 Å². The van der Waals surface area contributed by atoms with E-state index in [0.29, 0.717) is 23.1 Å². The van der Waals surface area contributed by atoms with Crippen LogP contribution in [-0.4, -0.2) is 18.1 Å². The van der Waals surface area contributed by atoms with Crippen molar-refractivity contribution in [2.45, 2.75) is 44.3 Å². The van der Waals surface area contributed by atoms with Gasteiger partial charge < -0.3 is 11.1 Å². The summed E-state index contributed by atoms with van der Waals surface area (Å²) in [5, 5.41) is 5.00. The van der Waals surface area contributed by atoms with E-state index in [1.807, 2.05) is 12.1 Å². The second kappa shape index (κ2) is 8.56. The van der Waals surface area contributed by atoms with Gasteiger partial charge in [0.15, 0.2) is 0 Å². The van der Waals surface area contributed by atoms with Gasteiger partial charge in [-0.2, -0.15) is 0 Å². The van der Waals surface area contributed by atoms with E-state index in [-0.39, 0.29) is 24.8 Å². The number of halogens is 4. The molecule has 1 atom stereocenters. The molecule has 0 bridgehead atoms. The Morgan fingerprint density at radius 3 is 2.47 bits per heavy atom. The van der Waals surface area contributed by atoms with Crippen LogP contribution >= 0.6 is 48.0 Å². The highest BCUT2D eigenvalue weighted by Gasteiger charge is 2.26. The van der Waals surface area contributed by atoms with Gasteiger partial charge in [0.05, 0.1) is 0 Å². The fourth-order valence-electron chi connectivity index (χ4n) is 2.28. The first-order valence-electron chi connectivity index (χ1n) is 6.00. The lowest BCUT2D eigenvalue weighted by Crippen LogP contribution is -2.51. The Hall–Kier alpha value is 0.300. The predicted octanol–water partition coefficient (Wildman–Crippen LogP) is 3.85. The summed E-state index contributed by atoms with van der Waals surface area (Å²) >= 11 is 12.0. The lowest BCUT2D eigenvalue weighted by Gasteiger charge is -2.35. The van der Waals surface area contributed by atoms with Crippen molar-refractivity contribution in [3.63, 3.8) is 0 Å². The molecule has 2 rings (SSSR count). The highest BCUT2D eigenvalue weighted by atomic mass is 35.5. The SMILES string of the molecule is CC(Cc1ccc(Cl)cc1Cl)NC1CC(N)C1.Cl.Cl. The first kappa shape index (κ1) is 19.3. The van der Waals surface area contributed by atoms with E-state index in [0.717, 1.165) is 29.8 Å². The zero-order valence-electron chi connectivity index (χ0n) is 10.7. The summed E-state index contributed by atoms with van der Waals surface area (Å²) < 4.78 is 0. The van der Waals surface area contributed by atoms with Gasteiger partial charge in [-0.05, 0) is 43.9 Å². The molecule has 110 valence electrons. The average Bonchev–Trinajstić information content (AvgIpc) is 2.20. The lowest BCUT2D eigenvalue weighted by molar-refractivity contribution is 0.270. The second-order valence-corrected chi connectivity index (χ2v) is 5.78. The van der Waals surface area contributed by atoms with E-state index >= 15 is 0 Å². The molecule has 2 nitrogen and oxygen atoms in total. The summed E-state index contributed by atoms with van der Waals surface area (Å²) in [6.45, 7) is 2.18. The zero-order chi connectivity index (χ0) is 12.4. The van der Waals surface area contributed by atoms with Crippen molar-refractivity contribution in [2.75, 3.05) is 0 Å². The Labute approximate surface area is 137 Å².